The van der Waals surface area contributed by atoms with E-state index in [2.05, 4.69) is 22.5 Å². The van der Waals surface area contributed by atoms with Gasteiger partial charge in [-0.1, -0.05) is 19.8 Å². The highest BCUT2D eigenvalue weighted by Crippen LogP contribution is 2.13. The maximum Gasteiger partial charge on any atom is 0.253 e. The van der Waals surface area contributed by atoms with Crippen molar-refractivity contribution in [1.29, 1.82) is 0 Å². The molecule has 1 amide bonds. The Balaban J connectivity index is 2.65. The zero-order valence-electron chi connectivity index (χ0n) is 11.5. The van der Waals surface area contributed by atoms with Crippen LogP contribution < -0.4 is 10.6 Å². The van der Waals surface area contributed by atoms with E-state index in [-0.39, 0.29) is 11.9 Å². The fraction of sp³-hybridized carbons (Fsp3) is 0.571. The third-order valence-electron chi connectivity index (χ3n) is 2.80. The van der Waals surface area contributed by atoms with E-state index in [4.69, 9.17) is 0 Å². The molecule has 0 spiro atoms. The van der Waals surface area contributed by atoms with Gasteiger partial charge in [-0.15, -0.1) is 0 Å². The molecule has 18 heavy (non-hydrogen) atoms. The minimum atomic E-state index is -0.0306. The Morgan fingerprint density at radius 3 is 2.89 bits per heavy atom. The van der Waals surface area contributed by atoms with Crippen LogP contribution in [-0.4, -0.2) is 23.5 Å². The van der Waals surface area contributed by atoms with Gasteiger partial charge in [0.2, 0.25) is 0 Å². The van der Waals surface area contributed by atoms with Crippen LogP contribution in [0.25, 0.3) is 0 Å². The quantitative estimate of drug-likeness (QED) is 0.781. The zero-order valence-corrected chi connectivity index (χ0v) is 11.5. The minimum Gasteiger partial charge on any atom is -0.383 e. The van der Waals surface area contributed by atoms with E-state index >= 15 is 0 Å². The van der Waals surface area contributed by atoms with Crippen molar-refractivity contribution in [1.82, 2.24) is 10.3 Å². The summed E-state index contributed by atoms with van der Waals surface area (Å²) in [4.78, 5) is 16.2. The average Bonchev–Trinajstić information content (AvgIpc) is 2.37. The summed E-state index contributed by atoms with van der Waals surface area (Å²) in [5.74, 6) is -0.0306. The molecule has 0 radical (unpaired) electrons. The molecule has 4 heteroatoms. The normalized spacial score (nSPS) is 11.9. The Morgan fingerprint density at radius 1 is 1.44 bits per heavy atom. The van der Waals surface area contributed by atoms with Crippen LogP contribution in [0.3, 0.4) is 0 Å². The summed E-state index contributed by atoms with van der Waals surface area (Å²) in [5.41, 5.74) is 1.45. The largest absolute Gasteiger partial charge is 0.383 e. The van der Waals surface area contributed by atoms with Crippen LogP contribution in [0.2, 0.25) is 0 Å². The molecule has 0 aliphatic rings. The fourth-order valence-electron chi connectivity index (χ4n) is 1.81. The molecule has 2 N–H and O–H groups in total. The number of nitrogens with one attached hydrogen (secondary N) is 2. The van der Waals surface area contributed by atoms with Crippen LogP contribution in [-0.2, 0) is 0 Å². The number of hydrogen-bond donors (Lipinski definition) is 2. The van der Waals surface area contributed by atoms with Crippen molar-refractivity contribution in [2.75, 3.05) is 11.9 Å². The van der Waals surface area contributed by atoms with Gasteiger partial charge in [0.15, 0.2) is 0 Å². The van der Waals surface area contributed by atoms with E-state index in [1.165, 1.54) is 0 Å². The monoisotopic (exact) mass is 249 g/mol. The number of hydrogen-bond acceptors (Lipinski definition) is 3. The van der Waals surface area contributed by atoms with Gasteiger partial charge in [0.05, 0.1) is 17.4 Å². The van der Waals surface area contributed by atoms with Crippen molar-refractivity contribution >= 4 is 11.6 Å². The van der Waals surface area contributed by atoms with Crippen molar-refractivity contribution < 1.29 is 4.79 Å². The second-order valence-electron chi connectivity index (χ2n) is 4.47. The molecule has 1 heterocycles. The van der Waals surface area contributed by atoms with Gasteiger partial charge >= 0.3 is 0 Å². The summed E-state index contributed by atoms with van der Waals surface area (Å²) in [6.07, 6.45) is 6.64. The lowest BCUT2D eigenvalue weighted by Crippen LogP contribution is -2.33. The lowest BCUT2D eigenvalue weighted by molar-refractivity contribution is 0.0938. The Kier molecular flexibility index (Phi) is 6.19. The molecule has 0 fully saturated rings. The smallest absolute Gasteiger partial charge is 0.253 e. The van der Waals surface area contributed by atoms with Crippen molar-refractivity contribution in [2.24, 2.45) is 0 Å². The van der Waals surface area contributed by atoms with Gasteiger partial charge in [-0.05, 0) is 26.3 Å². The highest BCUT2D eigenvalue weighted by Gasteiger charge is 2.13. The zero-order chi connectivity index (χ0) is 13.4. The van der Waals surface area contributed by atoms with E-state index in [1.807, 2.05) is 13.8 Å². The molecule has 1 rings (SSSR count). The molecule has 0 bridgehead atoms. The predicted octanol–water partition coefficient (Wildman–Crippen LogP) is 2.82. The maximum absolute atomic E-state index is 12.1. The summed E-state index contributed by atoms with van der Waals surface area (Å²) in [5, 5.41) is 6.17. The van der Waals surface area contributed by atoms with Crippen molar-refractivity contribution in [3.05, 3.63) is 24.0 Å². The Hall–Kier alpha value is -1.58. The number of aromatic nitrogens is 1. The fourth-order valence-corrected chi connectivity index (χ4v) is 1.81. The Bertz CT molecular complexity index is 379. The van der Waals surface area contributed by atoms with Crippen LogP contribution in [0.4, 0.5) is 5.69 Å². The van der Waals surface area contributed by atoms with Gasteiger partial charge in [0.25, 0.3) is 5.91 Å². The highest BCUT2D eigenvalue weighted by molar-refractivity contribution is 5.99. The molecule has 0 aromatic carbocycles. The molecule has 1 atom stereocenters. The predicted molar refractivity (Wildman–Crippen MR) is 74.9 cm³/mol. The summed E-state index contributed by atoms with van der Waals surface area (Å²) < 4.78 is 0. The standard InChI is InChI=1S/C14H23N3O/c1-4-6-7-11(3)17-14(18)12-8-9-15-10-13(12)16-5-2/h8-11,16H,4-7H2,1-3H3,(H,17,18). The molecular formula is C14H23N3O. The van der Waals surface area contributed by atoms with Gasteiger partial charge in [0, 0.05) is 18.8 Å². The van der Waals surface area contributed by atoms with Gasteiger partial charge in [-0.3, -0.25) is 9.78 Å². The third-order valence-corrected chi connectivity index (χ3v) is 2.80. The van der Waals surface area contributed by atoms with Crippen LogP contribution in [0.5, 0.6) is 0 Å². The molecule has 1 aromatic heterocycles. The molecule has 0 saturated heterocycles. The second-order valence-corrected chi connectivity index (χ2v) is 4.47. The maximum atomic E-state index is 12.1. The molecule has 0 aliphatic heterocycles. The molecule has 4 nitrogen and oxygen atoms in total. The topological polar surface area (TPSA) is 54.0 Å². The van der Waals surface area contributed by atoms with Gasteiger partial charge in [-0.2, -0.15) is 0 Å². The summed E-state index contributed by atoms with van der Waals surface area (Å²) in [6.45, 7) is 6.97. The lowest BCUT2D eigenvalue weighted by atomic mass is 10.1. The average molecular weight is 249 g/mol. The molecule has 1 aromatic rings. The first-order valence-corrected chi connectivity index (χ1v) is 6.67. The van der Waals surface area contributed by atoms with E-state index < -0.39 is 0 Å². The van der Waals surface area contributed by atoms with Gasteiger partial charge < -0.3 is 10.6 Å². The first-order chi connectivity index (χ1) is 8.69. The number of carbonyl (C=O) groups excluding carboxylic acids is 1. The van der Waals surface area contributed by atoms with Crippen LogP contribution in [0, 0.1) is 0 Å². The number of rotatable bonds is 7. The molecule has 100 valence electrons. The number of anilines is 1. The Morgan fingerprint density at radius 2 is 2.22 bits per heavy atom. The Labute approximate surface area is 109 Å². The first kappa shape index (κ1) is 14.5. The van der Waals surface area contributed by atoms with Crippen molar-refractivity contribution in [3.63, 3.8) is 0 Å². The number of carbonyl (C=O) groups is 1. The summed E-state index contributed by atoms with van der Waals surface area (Å²) in [6, 6.07) is 1.96. The van der Waals surface area contributed by atoms with E-state index in [0.29, 0.717) is 5.56 Å². The highest BCUT2D eigenvalue weighted by atomic mass is 16.1. The van der Waals surface area contributed by atoms with Crippen LogP contribution in [0.1, 0.15) is 50.4 Å². The molecule has 1 unspecified atom stereocenters. The second kappa shape index (κ2) is 7.69. The minimum absolute atomic E-state index is 0.0306. The van der Waals surface area contributed by atoms with Gasteiger partial charge in [0.1, 0.15) is 0 Å². The molecular weight excluding hydrogens is 226 g/mol. The molecule has 0 aliphatic carbocycles. The van der Waals surface area contributed by atoms with E-state index in [0.717, 1.165) is 31.5 Å². The van der Waals surface area contributed by atoms with Crippen LogP contribution >= 0.6 is 0 Å². The van der Waals surface area contributed by atoms with Crippen LogP contribution in [0.15, 0.2) is 18.5 Å². The number of nitrogens with zero attached hydrogens (tertiary/aromatic N) is 1. The summed E-state index contributed by atoms with van der Waals surface area (Å²) >= 11 is 0. The SMILES string of the molecule is CCCCC(C)NC(=O)c1ccncc1NCC. The molecule has 0 saturated carbocycles. The van der Waals surface area contributed by atoms with E-state index in [1.54, 1.807) is 18.5 Å². The third kappa shape index (κ3) is 4.35. The first-order valence-electron chi connectivity index (χ1n) is 6.67. The van der Waals surface area contributed by atoms with Gasteiger partial charge in [-0.25, -0.2) is 0 Å². The summed E-state index contributed by atoms with van der Waals surface area (Å²) in [7, 11) is 0. The number of unbranched alkanes of at least 4 members (excludes halogenated alkanes) is 1. The number of amides is 1. The van der Waals surface area contributed by atoms with Crippen molar-refractivity contribution in [3.8, 4) is 0 Å². The number of pyridine rings is 1. The lowest BCUT2D eigenvalue weighted by Gasteiger charge is -2.15. The van der Waals surface area contributed by atoms with Crippen molar-refractivity contribution in [2.45, 2.75) is 46.1 Å². The van der Waals surface area contributed by atoms with E-state index in [9.17, 15) is 4.79 Å².